The van der Waals surface area contributed by atoms with Crippen molar-refractivity contribution in [3.05, 3.63) is 95.1 Å². The van der Waals surface area contributed by atoms with E-state index in [1.165, 1.54) is 23.9 Å². The Balaban J connectivity index is 1.05. The minimum Gasteiger partial charge on any atom is -0.490 e. The lowest BCUT2D eigenvalue weighted by atomic mass is 10.0. The van der Waals surface area contributed by atoms with Gasteiger partial charge in [0, 0.05) is 57.8 Å². The fraction of sp³-hybridized carbons (Fsp3) is 0.355. The molecule has 206 valence electrons. The number of carbonyl (C=O) groups excluding carboxylic acids is 2. The summed E-state index contributed by atoms with van der Waals surface area (Å²) >= 11 is 0. The van der Waals surface area contributed by atoms with Crippen LogP contribution >= 0.6 is 0 Å². The molecule has 0 saturated carbocycles. The molecule has 0 radical (unpaired) electrons. The van der Waals surface area contributed by atoms with Gasteiger partial charge in [-0.25, -0.2) is 4.39 Å². The third-order valence-corrected chi connectivity index (χ3v) is 7.50. The lowest BCUT2D eigenvalue weighted by Crippen LogP contribution is -2.44. The number of aromatic nitrogens is 1. The minimum atomic E-state index is -0.303. The second-order valence-electron chi connectivity index (χ2n) is 10.3. The Kier molecular flexibility index (Phi) is 8.67. The molecule has 5 rings (SSSR count). The van der Waals surface area contributed by atoms with Crippen LogP contribution in [-0.2, 0) is 6.54 Å². The SMILES string of the molecule is N#Cc1ccc(CN2CCC(NC(=O)c3ccc(C(=O)N4CCC(Oc5ccc(F)cc5)CC4)cn3)CC2)cc1. The van der Waals surface area contributed by atoms with Gasteiger partial charge in [-0.2, -0.15) is 5.26 Å². The molecule has 0 bridgehead atoms. The van der Waals surface area contributed by atoms with E-state index in [0.717, 1.165) is 32.5 Å². The van der Waals surface area contributed by atoms with Gasteiger partial charge in [-0.15, -0.1) is 0 Å². The summed E-state index contributed by atoms with van der Waals surface area (Å²) in [5.74, 6) is -0.0296. The zero-order valence-electron chi connectivity index (χ0n) is 22.3. The van der Waals surface area contributed by atoms with E-state index in [4.69, 9.17) is 10.00 Å². The fourth-order valence-corrected chi connectivity index (χ4v) is 5.16. The van der Waals surface area contributed by atoms with E-state index < -0.39 is 0 Å². The van der Waals surface area contributed by atoms with Crippen molar-refractivity contribution in [1.82, 2.24) is 20.1 Å². The number of rotatable bonds is 7. The number of pyridine rings is 1. The smallest absolute Gasteiger partial charge is 0.270 e. The number of amides is 2. The number of nitriles is 1. The normalized spacial score (nSPS) is 16.8. The largest absolute Gasteiger partial charge is 0.490 e. The Bertz CT molecular complexity index is 1340. The highest BCUT2D eigenvalue weighted by Crippen LogP contribution is 2.21. The third-order valence-electron chi connectivity index (χ3n) is 7.50. The number of hydrogen-bond donors (Lipinski definition) is 1. The zero-order chi connectivity index (χ0) is 27.9. The van der Waals surface area contributed by atoms with Crippen molar-refractivity contribution in [3.63, 3.8) is 0 Å². The Morgan fingerprint density at radius 2 is 1.65 bits per heavy atom. The van der Waals surface area contributed by atoms with Crippen molar-refractivity contribution >= 4 is 11.8 Å². The standard InChI is InChI=1S/C31H32FN5O3/c32-25-6-8-27(9-7-25)40-28-13-17-37(18-14-28)31(39)24-5-10-29(34-20-24)30(38)35-26-11-15-36(16-12-26)21-23-3-1-22(19-33)2-4-23/h1-10,20,26,28H,11-18,21H2,(H,35,38). The van der Waals surface area contributed by atoms with Gasteiger partial charge in [-0.3, -0.25) is 19.5 Å². The molecule has 2 saturated heterocycles. The van der Waals surface area contributed by atoms with Gasteiger partial charge in [0.15, 0.2) is 0 Å². The van der Waals surface area contributed by atoms with Crippen LogP contribution in [0, 0.1) is 17.1 Å². The van der Waals surface area contributed by atoms with Gasteiger partial charge in [0.2, 0.25) is 0 Å². The van der Waals surface area contributed by atoms with E-state index in [-0.39, 0.29) is 29.8 Å². The second kappa shape index (κ2) is 12.7. The summed E-state index contributed by atoms with van der Waals surface area (Å²) in [7, 11) is 0. The molecule has 40 heavy (non-hydrogen) atoms. The molecule has 2 aliphatic heterocycles. The number of nitrogens with zero attached hydrogens (tertiary/aromatic N) is 4. The maximum Gasteiger partial charge on any atom is 0.270 e. The van der Waals surface area contributed by atoms with Gasteiger partial charge in [-0.05, 0) is 66.9 Å². The van der Waals surface area contributed by atoms with Crippen molar-refractivity contribution in [2.24, 2.45) is 0 Å². The van der Waals surface area contributed by atoms with Crippen molar-refractivity contribution in [2.75, 3.05) is 26.2 Å². The van der Waals surface area contributed by atoms with Crippen LogP contribution in [-0.4, -0.2) is 64.9 Å². The van der Waals surface area contributed by atoms with Gasteiger partial charge in [-0.1, -0.05) is 12.1 Å². The molecule has 0 spiro atoms. The van der Waals surface area contributed by atoms with Gasteiger partial charge in [0.1, 0.15) is 23.4 Å². The van der Waals surface area contributed by atoms with Crippen LogP contribution in [0.1, 0.15) is 57.7 Å². The van der Waals surface area contributed by atoms with E-state index in [2.05, 4.69) is 21.3 Å². The molecule has 2 fully saturated rings. The maximum atomic E-state index is 13.1. The van der Waals surface area contributed by atoms with Crippen LogP contribution < -0.4 is 10.1 Å². The fourth-order valence-electron chi connectivity index (χ4n) is 5.16. The van der Waals surface area contributed by atoms with Crippen LogP contribution in [0.4, 0.5) is 4.39 Å². The summed E-state index contributed by atoms with van der Waals surface area (Å²) in [4.78, 5) is 34.2. The van der Waals surface area contributed by atoms with Gasteiger partial charge < -0.3 is 15.0 Å². The molecular weight excluding hydrogens is 509 g/mol. The Morgan fingerprint density at radius 3 is 2.27 bits per heavy atom. The van der Waals surface area contributed by atoms with E-state index in [1.54, 1.807) is 29.2 Å². The molecule has 0 atom stereocenters. The molecule has 8 nitrogen and oxygen atoms in total. The van der Waals surface area contributed by atoms with E-state index in [9.17, 15) is 14.0 Å². The van der Waals surface area contributed by atoms with E-state index >= 15 is 0 Å². The number of ether oxygens (including phenoxy) is 1. The zero-order valence-corrected chi connectivity index (χ0v) is 22.3. The molecule has 2 amide bonds. The molecule has 1 aromatic heterocycles. The van der Waals surface area contributed by atoms with Gasteiger partial charge >= 0.3 is 0 Å². The molecule has 3 heterocycles. The van der Waals surface area contributed by atoms with Crippen molar-refractivity contribution in [3.8, 4) is 11.8 Å². The highest BCUT2D eigenvalue weighted by molar-refractivity contribution is 5.96. The molecule has 0 unspecified atom stereocenters. The van der Waals surface area contributed by atoms with Crippen LogP contribution in [0.15, 0.2) is 66.9 Å². The van der Waals surface area contributed by atoms with Crippen LogP contribution in [0.5, 0.6) is 5.75 Å². The number of nitrogens with one attached hydrogen (secondary N) is 1. The minimum absolute atomic E-state index is 0.0263. The summed E-state index contributed by atoms with van der Waals surface area (Å²) in [5, 5.41) is 12.0. The number of likely N-dealkylation sites (tertiary alicyclic amines) is 2. The summed E-state index contributed by atoms with van der Waals surface area (Å²) in [5.41, 5.74) is 2.57. The van der Waals surface area contributed by atoms with E-state index in [0.29, 0.717) is 48.5 Å². The number of halogens is 1. The summed E-state index contributed by atoms with van der Waals surface area (Å²) in [6, 6.07) is 19.1. The number of benzene rings is 2. The highest BCUT2D eigenvalue weighted by atomic mass is 19.1. The first-order chi connectivity index (χ1) is 19.5. The molecule has 2 aliphatic rings. The van der Waals surface area contributed by atoms with Crippen LogP contribution in [0.2, 0.25) is 0 Å². The Morgan fingerprint density at radius 1 is 0.950 bits per heavy atom. The molecular formula is C31H32FN5O3. The summed E-state index contributed by atoms with van der Waals surface area (Å²) in [6.07, 6.45) is 4.51. The molecule has 3 aromatic rings. The molecule has 9 heteroatoms. The van der Waals surface area contributed by atoms with E-state index in [1.807, 2.05) is 24.3 Å². The topological polar surface area (TPSA) is 98.6 Å². The van der Waals surface area contributed by atoms with Crippen molar-refractivity contribution < 1.29 is 18.7 Å². The average Bonchev–Trinajstić information content (AvgIpc) is 3.00. The van der Waals surface area contributed by atoms with Gasteiger partial charge in [0.05, 0.1) is 17.2 Å². The highest BCUT2D eigenvalue weighted by Gasteiger charge is 2.26. The monoisotopic (exact) mass is 541 g/mol. The predicted octanol–water partition coefficient (Wildman–Crippen LogP) is 4.17. The molecule has 0 aliphatic carbocycles. The van der Waals surface area contributed by atoms with Crippen LogP contribution in [0.25, 0.3) is 0 Å². The third kappa shape index (κ3) is 7.01. The quantitative estimate of drug-likeness (QED) is 0.482. The number of carbonyl (C=O) groups is 2. The summed E-state index contributed by atoms with van der Waals surface area (Å²) in [6.45, 7) is 3.67. The summed E-state index contributed by atoms with van der Waals surface area (Å²) < 4.78 is 19.0. The first-order valence-corrected chi connectivity index (χ1v) is 13.7. The van der Waals surface area contributed by atoms with Crippen molar-refractivity contribution in [2.45, 2.75) is 44.4 Å². The number of piperidine rings is 2. The Hall–Kier alpha value is -4.29. The Labute approximate surface area is 233 Å². The molecule has 2 aromatic carbocycles. The second-order valence-corrected chi connectivity index (χ2v) is 10.3. The number of hydrogen-bond acceptors (Lipinski definition) is 6. The average molecular weight is 542 g/mol. The van der Waals surface area contributed by atoms with Gasteiger partial charge in [0.25, 0.3) is 11.8 Å². The van der Waals surface area contributed by atoms with Crippen LogP contribution in [0.3, 0.4) is 0 Å². The van der Waals surface area contributed by atoms with Crippen molar-refractivity contribution in [1.29, 1.82) is 5.26 Å². The lowest BCUT2D eigenvalue weighted by molar-refractivity contribution is 0.0594. The molecule has 1 N–H and O–H groups in total. The first-order valence-electron chi connectivity index (χ1n) is 13.7. The maximum absolute atomic E-state index is 13.1. The predicted molar refractivity (Wildman–Crippen MR) is 147 cm³/mol. The lowest BCUT2D eigenvalue weighted by Gasteiger charge is -2.32. The first kappa shape index (κ1) is 27.3.